The maximum atomic E-state index is 4.58. The van der Waals surface area contributed by atoms with Gasteiger partial charge in [-0.05, 0) is 48.7 Å². The Bertz CT molecular complexity index is 384. The molecule has 1 atom stereocenters. The molecule has 2 heterocycles. The van der Waals surface area contributed by atoms with E-state index < -0.39 is 0 Å². The molecule has 0 saturated heterocycles. The van der Waals surface area contributed by atoms with Crippen LogP contribution in [-0.4, -0.2) is 24.2 Å². The zero-order valence-electron chi connectivity index (χ0n) is 10.8. The molecule has 0 fully saturated rings. The second-order valence-electron chi connectivity index (χ2n) is 4.37. The average molecular weight is 280 g/mol. The summed E-state index contributed by atoms with van der Waals surface area (Å²) in [4.78, 5) is 6.04. The quantitative estimate of drug-likeness (QED) is 0.734. The lowest BCUT2D eigenvalue weighted by Crippen LogP contribution is -2.41. The number of thioether (sulfide) groups is 1. The third-order valence-electron chi connectivity index (χ3n) is 2.90. The van der Waals surface area contributed by atoms with Crippen LogP contribution in [0.1, 0.15) is 24.6 Å². The predicted octanol–water partition coefficient (Wildman–Crippen LogP) is 3.71. The summed E-state index contributed by atoms with van der Waals surface area (Å²) in [5.74, 6) is 2.26. The lowest BCUT2D eigenvalue weighted by molar-refractivity contribution is 0.415. The lowest BCUT2D eigenvalue weighted by atomic mass is 10.1. The van der Waals surface area contributed by atoms with Gasteiger partial charge in [-0.1, -0.05) is 13.0 Å². The molecule has 4 heteroatoms. The van der Waals surface area contributed by atoms with Crippen LogP contribution in [0.5, 0.6) is 0 Å². The van der Waals surface area contributed by atoms with Crippen molar-refractivity contribution >= 4 is 29.3 Å². The van der Waals surface area contributed by atoms with E-state index in [4.69, 9.17) is 0 Å². The normalized spacial score (nSPS) is 21.8. The SMILES string of the molecule is CCCNC1(CCSCc2cccs2)C=CC=N1. The van der Waals surface area contributed by atoms with Crippen molar-refractivity contribution < 1.29 is 0 Å². The van der Waals surface area contributed by atoms with Crippen molar-refractivity contribution in [3.63, 3.8) is 0 Å². The molecular weight excluding hydrogens is 260 g/mol. The highest BCUT2D eigenvalue weighted by molar-refractivity contribution is 7.98. The summed E-state index contributed by atoms with van der Waals surface area (Å²) in [6.07, 6.45) is 8.36. The van der Waals surface area contributed by atoms with Crippen molar-refractivity contribution in [3.05, 3.63) is 34.5 Å². The van der Waals surface area contributed by atoms with Crippen LogP contribution in [-0.2, 0) is 5.75 Å². The van der Waals surface area contributed by atoms with Crippen molar-refractivity contribution in [3.8, 4) is 0 Å². The molecule has 2 rings (SSSR count). The van der Waals surface area contributed by atoms with Gasteiger partial charge in [-0.2, -0.15) is 11.8 Å². The Balaban J connectivity index is 1.73. The third kappa shape index (κ3) is 3.97. The largest absolute Gasteiger partial charge is 0.290 e. The number of rotatable bonds is 8. The number of hydrogen-bond donors (Lipinski definition) is 1. The van der Waals surface area contributed by atoms with Crippen molar-refractivity contribution in [2.75, 3.05) is 12.3 Å². The van der Waals surface area contributed by atoms with E-state index in [9.17, 15) is 0 Å². The molecule has 0 radical (unpaired) electrons. The number of nitrogens with zero attached hydrogens (tertiary/aromatic N) is 1. The van der Waals surface area contributed by atoms with Gasteiger partial charge in [-0.15, -0.1) is 11.3 Å². The van der Waals surface area contributed by atoms with Gasteiger partial charge in [0.25, 0.3) is 0 Å². The average Bonchev–Trinajstić information content (AvgIpc) is 3.05. The maximum absolute atomic E-state index is 4.58. The molecule has 1 aliphatic rings. The van der Waals surface area contributed by atoms with Gasteiger partial charge in [-0.25, -0.2) is 0 Å². The first-order chi connectivity index (χ1) is 8.85. The van der Waals surface area contributed by atoms with Gasteiger partial charge in [0.1, 0.15) is 5.66 Å². The Morgan fingerprint density at radius 3 is 3.11 bits per heavy atom. The summed E-state index contributed by atoms with van der Waals surface area (Å²) < 4.78 is 0. The molecule has 0 bridgehead atoms. The molecule has 2 nitrogen and oxygen atoms in total. The van der Waals surface area contributed by atoms with Crippen molar-refractivity contribution in [2.45, 2.75) is 31.2 Å². The van der Waals surface area contributed by atoms with Crippen LogP contribution < -0.4 is 5.32 Å². The highest BCUT2D eigenvalue weighted by Crippen LogP contribution is 2.23. The van der Waals surface area contributed by atoms with E-state index in [0.29, 0.717) is 0 Å². The molecule has 0 saturated carbocycles. The molecule has 1 aliphatic heterocycles. The van der Waals surface area contributed by atoms with E-state index in [1.165, 1.54) is 4.88 Å². The van der Waals surface area contributed by atoms with E-state index in [1.807, 2.05) is 35.4 Å². The topological polar surface area (TPSA) is 24.4 Å². The van der Waals surface area contributed by atoms with Gasteiger partial charge in [0.05, 0.1) is 0 Å². The van der Waals surface area contributed by atoms with Crippen LogP contribution in [0.2, 0.25) is 0 Å². The first-order valence-corrected chi connectivity index (χ1v) is 8.46. The summed E-state index contributed by atoms with van der Waals surface area (Å²) in [5.41, 5.74) is -0.127. The predicted molar refractivity (Wildman–Crippen MR) is 83.8 cm³/mol. The first-order valence-electron chi connectivity index (χ1n) is 6.43. The van der Waals surface area contributed by atoms with Crippen molar-refractivity contribution in [1.29, 1.82) is 0 Å². The minimum Gasteiger partial charge on any atom is -0.290 e. The van der Waals surface area contributed by atoms with E-state index >= 15 is 0 Å². The summed E-state index contributed by atoms with van der Waals surface area (Å²) >= 11 is 3.83. The third-order valence-corrected chi connectivity index (χ3v) is 4.96. The zero-order chi connectivity index (χ0) is 12.7. The zero-order valence-corrected chi connectivity index (χ0v) is 12.4. The number of aliphatic imine (C=N–C) groups is 1. The van der Waals surface area contributed by atoms with Crippen LogP contribution in [0, 0.1) is 0 Å². The Morgan fingerprint density at radius 2 is 2.44 bits per heavy atom. The van der Waals surface area contributed by atoms with E-state index in [2.05, 4.69) is 40.8 Å². The van der Waals surface area contributed by atoms with E-state index in [1.54, 1.807) is 0 Å². The molecule has 1 aromatic rings. The number of nitrogens with one attached hydrogen (secondary N) is 1. The Labute approximate surface area is 118 Å². The standard InChI is InChI=1S/C14H20N2S2/c1-2-8-15-14(6-4-9-16-14)7-11-17-12-13-5-3-10-18-13/h3-6,9-10,15H,2,7-8,11-12H2,1H3. The summed E-state index contributed by atoms with van der Waals surface area (Å²) in [6.45, 7) is 3.21. The van der Waals surface area contributed by atoms with E-state index in [0.717, 1.165) is 30.9 Å². The summed E-state index contributed by atoms with van der Waals surface area (Å²) in [7, 11) is 0. The Kier molecular flexibility index (Phi) is 5.47. The van der Waals surface area contributed by atoms with Gasteiger partial charge in [0.2, 0.25) is 0 Å². The number of thiophene rings is 1. The second kappa shape index (κ2) is 7.12. The van der Waals surface area contributed by atoms with Crippen LogP contribution in [0.15, 0.2) is 34.7 Å². The minimum atomic E-state index is -0.127. The first kappa shape index (κ1) is 13.8. The van der Waals surface area contributed by atoms with Gasteiger partial charge in [0.15, 0.2) is 0 Å². The smallest absolute Gasteiger partial charge is 0.130 e. The Morgan fingerprint density at radius 1 is 1.50 bits per heavy atom. The number of hydrogen-bond acceptors (Lipinski definition) is 4. The monoisotopic (exact) mass is 280 g/mol. The van der Waals surface area contributed by atoms with Crippen LogP contribution in [0.3, 0.4) is 0 Å². The van der Waals surface area contributed by atoms with Gasteiger partial charge in [-0.3, -0.25) is 10.3 Å². The lowest BCUT2D eigenvalue weighted by Gasteiger charge is -2.25. The summed E-state index contributed by atoms with van der Waals surface area (Å²) in [5, 5.41) is 5.69. The Hall–Kier alpha value is -0.580. The van der Waals surface area contributed by atoms with Crippen molar-refractivity contribution in [2.24, 2.45) is 4.99 Å². The fourth-order valence-electron chi connectivity index (χ4n) is 1.90. The molecule has 1 aromatic heterocycles. The molecule has 98 valence electrons. The second-order valence-corrected chi connectivity index (χ2v) is 6.51. The van der Waals surface area contributed by atoms with Gasteiger partial charge in [0, 0.05) is 16.8 Å². The molecular formula is C14H20N2S2. The highest BCUT2D eigenvalue weighted by atomic mass is 32.2. The van der Waals surface area contributed by atoms with Gasteiger partial charge < -0.3 is 0 Å². The van der Waals surface area contributed by atoms with Crippen molar-refractivity contribution in [1.82, 2.24) is 5.32 Å². The fraction of sp³-hybridized carbons (Fsp3) is 0.500. The van der Waals surface area contributed by atoms with Gasteiger partial charge >= 0.3 is 0 Å². The molecule has 1 N–H and O–H groups in total. The van der Waals surface area contributed by atoms with Crippen LogP contribution in [0.4, 0.5) is 0 Å². The molecule has 0 spiro atoms. The van der Waals surface area contributed by atoms with Crippen LogP contribution >= 0.6 is 23.1 Å². The van der Waals surface area contributed by atoms with Crippen LogP contribution in [0.25, 0.3) is 0 Å². The minimum absolute atomic E-state index is 0.127. The highest BCUT2D eigenvalue weighted by Gasteiger charge is 2.25. The van der Waals surface area contributed by atoms with E-state index in [-0.39, 0.29) is 5.66 Å². The summed E-state index contributed by atoms with van der Waals surface area (Å²) in [6, 6.07) is 4.32. The number of allylic oxidation sites excluding steroid dienone is 1. The fourth-order valence-corrected chi connectivity index (χ4v) is 3.81. The molecule has 18 heavy (non-hydrogen) atoms. The maximum Gasteiger partial charge on any atom is 0.130 e. The molecule has 1 unspecified atom stereocenters. The molecule has 0 aliphatic carbocycles. The molecule has 0 amide bonds. The molecule has 0 aromatic carbocycles.